The van der Waals surface area contributed by atoms with Crippen molar-refractivity contribution in [1.82, 2.24) is 10.3 Å². The van der Waals surface area contributed by atoms with Crippen LogP contribution in [0.3, 0.4) is 0 Å². The molecule has 6 heteroatoms. The van der Waals surface area contributed by atoms with E-state index in [0.717, 1.165) is 18.2 Å². The Morgan fingerprint density at radius 2 is 2.00 bits per heavy atom. The number of nitrogens with one attached hydrogen (secondary N) is 1. The summed E-state index contributed by atoms with van der Waals surface area (Å²) in [5, 5.41) is 3.85. The molecule has 1 amide bonds. The minimum absolute atomic E-state index is 0.0965. The standard InChI is InChI=1S/C15H26N4OS/c1-10(2)11(3)9-17-14(20)12-13(16)18-15(21-12)19-7-5-4-6-8-19/h10-11H,4-9,16H2,1-3H3,(H,17,20). The minimum atomic E-state index is -0.0965. The van der Waals surface area contributed by atoms with E-state index in [1.165, 1.54) is 30.6 Å². The van der Waals surface area contributed by atoms with Crippen molar-refractivity contribution in [2.45, 2.75) is 40.0 Å². The van der Waals surface area contributed by atoms with Crippen molar-refractivity contribution >= 4 is 28.2 Å². The van der Waals surface area contributed by atoms with Crippen LogP contribution in [-0.2, 0) is 0 Å². The summed E-state index contributed by atoms with van der Waals surface area (Å²) < 4.78 is 0. The molecule has 1 aromatic heterocycles. The van der Waals surface area contributed by atoms with Gasteiger partial charge >= 0.3 is 0 Å². The Labute approximate surface area is 130 Å². The number of nitrogens with zero attached hydrogens (tertiary/aromatic N) is 2. The predicted molar refractivity (Wildman–Crippen MR) is 88.9 cm³/mol. The third-order valence-electron chi connectivity index (χ3n) is 4.20. The van der Waals surface area contributed by atoms with Gasteiger partial charge in [-0.1, -0.05) is 32.1 Å². The quantitative estimate of drug-likeness (QED) is 0.877. The number of nitrogen functional groups attached to an aromatic ring is 1. The van der Waals surface area contributed by atoms with E-state index in [2.05, 4.69) is 36.0 Å². The highest BCUT2D eigenvalue weighted by Crippen LogP contribution is 2.30. The summed E-state index contributed by atoms with van der Waals surface area (Å²) in [5.41, 5.74) is 5.93. The average Bonchev–Trinajstić information content (AvgIpc) is 2.87. The zero-order valence-corrected chi connectivity index (χ0v) is 14.0. The molecule has 0 saturated carbocycles. The van der Waals surface area contributed by atoms with Crippen molar-refractivity contribution in [3.8, 4) is 0 Å². The number of aromatic nitrogens is 1. The molecule has 21 heavy (non-hydrogen) atoms. The fraction of sp³-hybridized carbons (Fsp3) is 0.733. The topological polar surface area (TPSA) is 71.2 Å². The lowest BCUT2D eigenvalue weighted by molar-refractivity contribution is 0.0949. The lowest BCUT2D eigenvalue weighted by atomic mass is 9.98. The zero-order valence-electron chi connectivity index (χ0n) is 13.2. The first-order chi connectivity index (χ1) is 9.99. The molecule has 0 aromatic carbocycles. The molecule has 1 aliphatic heterocycles. The molecular weight excluding hydrogens is 284 g/mol. The highest BCUT2D eigenvalue weighted by atomic mass is 32.1. The van der Waals surface area contributed by atoms with E-state index in [4.69, 9.17) is 5.73 Å². The number of piperidine rings is 1. The summed E-state index contributed by atoms with van der Waals surface area (Å²) in [4.78, 5) is 19.4. The van der Waals surface area contributed by atoms with Crippen molar-refractivity contribution in [2.24, 2.45) is 11.8 Å². The number of carbonyl (C=O) groups is 1. The summed E-state index contributed by atoms with van der Waals surface area (Å²) in [6.07, 6.45) is 3.65. The van der Waals surface area contributed by atoms with Gasteiger partial charge in [-0.25, -0.2) is 4.98 Å². The SMILES string of the molecule is CC(C)C(C)CNC(=O)c1sc(N2CCCCC2)nc1N. The fourth-order valence-corrected chi connectivity index (χ4v) is 3.23. The van der Waals surface area contributed by atoms with Crippen LogP contribution in [0.1, 0.15) is 49.7 Å². The predicted octanol–water partition coefficient (Wildman–Crippen LogP) is 2.74. The number of nitrogens with two attached hydrogens (primary N) is 1. The monoisotopic (exact) mass is 310 g/mol. The number of hydrogen-bond donors (Lipinski definition) is 2. The molecule has 1 saturated heterocycles. The van der Waals surface area contributed by atoms with Crippen LogP contribution in [0, 0.1) is 11.8 Å². The first kappa shape index (κ1) is 16.1. The molecule has 2 rings (SSSR count). The second-order valence-electron chi connectivity index (χ2n) is 6.19. The maximum absolute atomic E-state index is 12.2. The first-order valence-electron chi connectivity index (χ1n) is 7.78. The maximum atomic E-state index is 12.2. The number of anilines is 2. The summed E-state index contributed by atoms with van der Waals surface area (Å²) in [7, 11) is 0. The molecule has 2 heterocycles. The van der Waals surface area contributed by atoms with Gasteiger partial charge in [-0.2, -0.15) is 0 Å². The molecule has 1 fully saturated rings. The Balaban J connectivity index is 1.99. The molecule has 1 unspecified atom stereocenters. The van der Waals surface area contributed by atoms with Crippen LogP contribution in [-0.4, -0.2) is 30.5 Å². The third-order valence-corrected chi connectivity index (χ3v) is 5.33. The largest absolute Gasteiger partial charge is 0.382 e. The lowest BCUT2D eigenvalue weighted by Crippen LogP contribution is -2.30. The molecule has 1 aromatic rings. The molecule has 0 spiro atoms. The van der Waals surface area contributed by atoms with Gasteiger partial charge in [0.15, 0.2) is 5.13 Å². The van der Waals surface area contributed by atoms with Crippen LogP contribution in [0.2, 0.25) is 0 Å². The van der Waals surface area contributed by atoms with Crippen molar-refractivity contribution in [3.63, 3.8) is 0 Å². The molecule has 0 aliphatic carbocycles. The molecule has 1 atom stereocenters. The average molecular weight is 310 g/mol. The van der Waals surface area contributed by atoms with Gasteiger partial charge < -0.3 is 16.0 Å². The summed E-state index contributed by atoms with van der Waals surface area (Å²) in [6, 6.07) is 0. The van der Waals surface area contributed by atoms with Crippen LogP contribution in [0.4, 0.5) is 10.9 Å². The van der Waals surface area contributed by atoms with Gasteiger partial charge in [0.2, 0.25) is 0 Å². The van der Waals surface area contributed by atoms with E-state index in [0.29, 0.717) is 29.1 Å². The first-order valence-corrected chi connectivity index (χ1v) is 8.60. The second kappa shape index (κ2) is 7.11. The highest BCUT2D eigenvalue weighted by molar-refractivity contribution is 7.18. The van der Waals surface area contributed by atoms with Crippen LogP contribution in [0.5, 0.6) is 0 Å². The van der Waals surface area contributed by atoms with Gasteiger partial charge in [-0.05, 0) is 31.1 Å². The maximum Gasteiger partial charge on any atom is 0.265 e. The normalized spacial score (nSPS) is 17.0. The Morgan fingerprint density at radius 1 is 1.33 bits per heavy atom. The Bertz CT molecular complexity index is 480. The van der Waals surface area contributed by atoms with Gasteiger partial charge in [0.25, 0.3) is 5.91 Å². The molecule has 5 nitrogen and oxygen atoms in total. The van der Waals surface area contributed by atoms with E-state index >= 15 is 0 Å². The van der Waals surface area contributed by atoms with Crippen molar-refractivity contribution < 1.29 is 4.79 Å². The van der Waals surface area contributed by atoms with Gasteiger partial charge in [0.05, 0.1) is 0 Å². The smallest absolute Gasteiger partial charge is 0.265 e. The van der Waals surface area contributed by atoms with E-state index in [-0.39, 0.29) is 5.91 Å². The Morgan fingerprint density at radius 3 is 2.62 bits per heavy atom. The van der Waals surface area contributed by atoms with Crippen molar-refractivity contribution in [3.05, 3.63) is 4.88 Å². The molecular formula is C15H26N4OS. The Hall–Kier alpha value is -1.30. The summed E-state index contributed by atoms with van der Waals surface area (Å²) in [6.45, 7) is 9.16. The minimum Gasteiger partial charge on any atom is -0.382 e. The summed E-state index contributed by atoms with van der Waals surface area (Å²) >= 11 is 1.41. The molecule has 3 N–H and O–H groups in total. The number of hydrogen-bond acceptors (Lipinski definition) is 5. The second-order valence-corrected chi connectivity index (χ2v) is 7.17. The molecule has 1 aliphatic rings. The molecule has 118 valence electrons. The third kappa shape index (κ3) is 4.09. The van der Waals surface area contributed by atoms with Crippen LogP contribution in [0.25, 0.3) is 0 Å². The number of carbonyl (C=O) groups excluding carboxylic acids is 1. The van der Waals surface area contributed by atoms with Crippen LogP contribution in [0.15, 0.2) is 0 Å². The number of thiazole rings is 1. The fourth-order valence-electron chi connectivity index (χ4n) is 2.27. The van der Waals surface area contributed by atoms with E-state index in [1.807, 2.05) is 0 Å². The van der Waals surface area contributed by atoms with Gasteiger partial charge in [0.1, 0.15) is 10.7 Å². The van der Waals surface area contributed by atoms with Gasteiger partial charge in [-0.3, -0.25) is 4.79 Å². The van der Waals surface area contributed by atoms with Crippen LogP contribution < -0.4 is 16.0 Å². The zero-order chi connectivity index (χ0) is 15.4. The van der Waals surface area contributed by atoms with Gasteiger partial charge in [0, 0.05) is 19.6 Å². The van der Waals surface area contributed by atoms with Crippen LogP contribution >= 0.6 is 11.3 Å². The van der Waals surface area contributed by atoms with E-state index < -0.39 is 0 Å². The van der Waals surface area contributed by atoms with Crippen molar-refractivity contribution in [1.29, 1.82) is 0 Å². The lowest BCUT2D eigenvalue weighted by Gasteiger charge is -2.25. The van der Waals surface area contributed by atoms with Gasteiger partial charge in [-0.15, -0.1) is 0 Å². The number of amides is 1. The van der Waals surface area contributed by atoms with Crippen molar-refractivity contribution in [2.75, 3.05) is 30.3 Å². The molecule has 0 bridgehead atoms. The van der Waals surface area contributed by atoms with E-state index in [9.17, 15) is 4.79 Å². The highest BCUT2D eigenvalue weighted by Gasteiger charge is 2.21. The number of rotatable bonds is 5. The summed E-state index contributed by atoms with van der Waals surface area (Å²) in [5.74, 6) is 1.26. The molecule has 0 radical (unpaired) electrons. The van der Waals surface area contributed by atoms with E-state index in [1.54, 1.807) is 0 Å². The Kier molecular flexibility index (Phi) is 5.45.